The smallest absolute Gasteiger partial charge is 0.228 e. The number of nitrogens with one attached hydrogen (secondary N) is 2. The molecule has 1 aliphatic heterocycles. The minimum atomic E-state index is 0.0532. The standard InChI is InChI=1S/C15H18N4O3/c1-10-17-14(19-22-10)9-21-13-4-2-12(3-5-13)18-15(20)11-6-7-16-8-11/h2-5,11,16H,6-9H2,1H3,(H,18,20). The maximum Gasteiger partial charge on any atom is 0.228 e. The summed E-state index contributed by atoms with van der Waals surface area (Å²) in [4.78, 5) is 16.1. The molecule has 1 atom stereocenters. The minimum Gasteiger partial charge on any atom is -0.485 e. The van der Waals surface area contributed by atoms with Gasteiger partial charge in [-0.3, -0.25) is 4.79 Å². The molecular formula is C15H18N4O3. The van der Waals surface area contributed by atoms with Crippen molar-refractivity contribution in [2.45, 2.75) is 20.0 Å². The first kappa shape index (κ1) is 14.5. The summed E-state index contributed by atoms with van der Waals surface area (Å²) in [5.74, 6) is 1.81. The maximum atomic E-state index is 12.0. The van der Waals surface area contributed by atoms with E-state index in [0.29, 0.717) is 17.5 Å². The summed E-state index contributed by atoms with van der Waals surface area (Å²) in [6.07, 6.45) is 0.886. The van der Waals surface area contributed by atoms with Crippen LogP contribution in [0.5, 0.6) is 5.75 Å². The lowest BCUT2D eigenvalue weighted by molar-refractivity contribution is -0.119. The molecule has 0 bridgehead atoms. The fourth-order valence-electron chi connectivity index (χ4n) is 2.31. The van der Waals surface area contributed by atoms with Gasteiger partial charge in [0.1, 0.15) is 5.75 Å². The molecule has 1 saturated heterocycles. The number of aromatic nitrogens is 2. The molecule has 2 heterocycles. The molecule has 2 N–H and O–H groups in total. The lowest BCUT2D eigenvalue weighted by Crippen LogP contribution is -2.24. The van der Waals surface area contributed by atoms with Crippen molar-refractivity contribution in [1.82, 2.24) is 15.5 Å². The van der Waals surface area contributed by atoms with Crippen molar-refractivity contribution in [3.05, 3.63) is 36.0 Å². The predicted molar refractivity (Wildman–Crippen MR) is 79.4 cm³/mol. The van der Waals surface area contributed by atoms with Gasteiger partial charge in [0.25, 0.3) is 0 Å². The van der Waals surface area contributed by atoms with Crippen molar-refractivity contribution in [2.24, 2.45) is 5.92 Å². The van der Waals surface area contributed by atoms with Gasteiger partial charge in [0.05, 0.1) is 5.92 Å². The number of nitrogens with zero attached hydrogens (tertiary/aromatic N) is 2. The van der Waals surface area contributed by atoms with E-state index >= 15 is 0 Å². The number of hydrogen-bond acceptors (Lipinski definition) is 6. The number of amides is 1. The van der Waals surface area contributed by atoms with Gasteiger partial charge >= 0.3 is 0 Å². The fourth-order valence-corrected chi connectivity index (χ4v) is 2.31. The second-order valence-corrected chi connectivity index (χ2v) is 5.22. The number of rotatable bonds is 5. The molecule has 1 aromatic carbocycles. The number of carbonyl (C=O) groups is 1. The maximum absolute atomic E-state index is 12.0. The van der Waals surface area contributed by atoms with Crippen LogP contribution >= 0.6 is 0 Å². The number of aryl methyl sites for hydroxylation is 1. The van der Waals surface area contributed by atoms with Crippen LogP contribution in [0.4, 0.5) is 5.69 Å². The number of ether oxygens (including phenoxy) is 1. The first-order valence-electron chi connectivity index (χ1n) is 7.24. The highest BCUT2D eigenvalue weighted by Crippen LogP contribution is 2.18. The first-order valence-corrected chi connectivity index (χ1v) is 7.24. The van der Waals surface area contributed by atoms with E-state index in [1.54, 1.807) is 19.1 Å². The topological polar surface area (TPSA) is 89.3 Å². The molecule has 1 amide bonds. The van der Waals surface area contributed by atoms with Crippen LogP contribution in [0.2, 0.25) is 0 Å². The molecule has 1 unspecified atom stereocenters. The fraction of sp³-hybridized carbons (Fsp3) is 0.400. The van der Waals surface area contributed by atoms with Crippen LogP contribution in [0.15, 0.2) is 28.8 Å². The van der Waals surface area contributed by atoms with Crippen LogP contribution in [0.3, 0.4) is 0 Å². The molecule has 0 radical (unpaired) electrons. The third-order valence-electron chi connectivity index (χ3n) is 3.49. The third-order valence-corrected chi connectivity index (χ3v) is 3.49. The zero-order chi connectivity index (χ0) is 15.4. The molecule has 7 heteroatoms. The van der Waals surface area contributed by atoms with Crippen molar-refractivity contribution in [3.8, 4) is 5.75 Å². The van der Waals surface area contributed by atoms with Gasteiger partial charge in [-0.05, 0) is 37.2 Å². The zero-order valence-electron chi connectivity index (χ0n) is 12.3. The average molecular weight is 302 g/mol. The molecule has 2 aromatic rings. The number of hydrogen-bond donors (Lipinski definition) is 2. The zero-order valence-corrected chi connectivity index (χ0v) is 12.3. The predicted octanol–water partition coefficient (Wildman–Crippen LogP) is 1.51. The van der Waals surface area contributed by atoms with Gasteiger partial charge in [-0.2, -0.15) is 4.98 Å². The van der Waals surface area contributed by atoms with Crippen molar-refractivity contribution >= 4 is 11.6 Å². The van der Waals surface area contributed by atoms with Crippen LogP contribution in [0, 0.1) is 12.8 Å². The highest BCUT2D eigenvalue weighted by atomic mass is 16.5. The van der Waals surface area contributed by atoms with Gasteiger partial charge in [-0.1, -0.05) is 5.16 Å². The molecule has 1 aliphatic rings. The van der Waals surface area contributed by atoms with Crippen LogP contribution < -0.4 is 15.4 Å². The molecule has 1 fully saturated rings. The minimum absolute atomic E-state index is 0.0532. The van der Waals surface area contributed by atoms with Gasteiger partial charge in [-0.15, -0.1) is 0 Å². The van der Waals surface area contributed by atoms with Gasteiger partial charge in [0.2, 0.25) is 17.6 Å². The second-order valence-electron chi connectivity index (χ2n) is 5.22. The van der Waals surface area contributed by atoms with E-state index in [-0.39, 0.29) is 18.4 Å². The van der Waals surface area contributed by atoms with Crippen LogP contribution in [0.25, 0.3) is 0 Å². The molecule has 22 heavy (non-hydrogen) atoms. The monoisotopic (exact) mass is 302 g/mol. The first-order chi connectivity index (χ1) is 10.7. The summed E-state index contributed by atoms with van der Waals surface area (Å²) in [6.45, 7) is 3.63. The molecular weight excluding hydrogens is 284 g/mol. The molecule has 7 nitrogen and oxygen atoms in total. The Morgan fingerprint density at radius 2 is 2.27 bits per heavy atom. The Bertz CT molecular complexity index is 632. The van der Waals surface area contributed by atoms with E-state index in [9.17, 15) is 4.79 Å². The SMILES string of the molecule is Cc1nc(COc2ccc(NC(=O)C3CCNC3)cc2)no1. The van der Waals surface area contributed by atoms with E-state index in [2.05, 4.69) is 20.8 Å². The van der Waals surface area contributed by atoms with E-state index in [4.69, 9.17) is 9.26 Å². The van der Waals surface area contributed by atoms with Crippen molar-refractivity contribution in [3.63, 3.8) is 0 Å². The molecule has 3 rings (SSSR count). The number of anilines is 1. The van der Waals surface area contributed by atoms with Crippen molar-refractivity contribution in [1.29, 1.82) is 0 Å². The van der Waals surface area contributed by atoms with E-state index in [1.807, 2.05) is 12.1 Å². The van der Waals surface area contributed by atoms with Crippen LogP contribution in [0.1, 0.15) is 18.1 Å². The average Bonchev–Trinajstić information content (AvgIpc) is 3.18. The Kier molecular flexibility index (Phi) is 4.34. The van der Waals surface area contributed by atoms with E-state index in [0.717, 1.165) is 25.2 Å². The number of benzene rings is 1. The summed E-state index contributed by atoms with van der Waals surface area (Å²) < 4.78 is 10.4. The summed E-state index contributed by atoms with van der Waals surface area (Å²) in [5.41, 5.74) is 0.764. The lowest BCUT2D eigenvalue weighted by atomic mass is 10.1. The van der Waals surface area contributed by atoms with Crippen LogP contribution in [-0.4, -0.2) is 29.1 Å². The lowest BCUT2D eigenvalue weighted by Gasteiger charge is -2.10. The quantitative estimate of drug-likeness (QED) is 0.870. The summed E-state index contributed by atoms with van der Waals surface area (Å²) in [5, 5.41) is 9.85. The summed E-state index contributed by atoms with van der Waals surface area (Å²) >= 11 is 0. The van der Waals surface area contributed by atoms with Gasteiger partial charge < -0.3 is 19.9 Å². The largest absolute Gasteiger partial charge is 0.485 e. The van der Waals surface area contributed by atoms with E-state index in [1.165, 1.54) is 0 Å². The number of carbonyl (C=O) groups excluding carboxylic acids is 1. The van der Waals surface area contributed by atoms with Crippen molar-refractivity contribution < 1.29 is 14.1 Å². The van der Waals surface area contributed by atoms with E-state index < -0.39 is 0 Å². The Morgan fingerprint density at radius 1 is 1.45 bits per heavy atom. The molecule has 0 saturated carbocycles. The Morgan fingerprint density at radius 3 is 2.91 bits per heavy atom. The highest BCUT2D eigenvalue weighted by molar-refractivity contribution is 5.92. The van der Waals surface area contributed by atoms with Gasteiger partial charge in [0, 0.05) is 19.2 Å². The molecule has 116 valence electrons. The van der Waals surface area contributed by atoms with Crippen LogP contribution in [-0.2, 0) is 11.4 Å². The van der Waals surface area contributed by atoms with Gasteiger partial charge in [0.15, 0.2) is 6.61 Å². The van der Waals surface area contributed by atoms with Gasteiger partial charge in [-0.25, -0.2) is 0 Å². The third kappa shape index (κ3) is 3.62. The molecule has 0 aliphatic carbocycles. The van der Waals surface area contributed by atoms with Crippen molar-refractivity contribution in [2.75, 3.05) is 18.4 Å². The molecule has 1 aromatic heterocycles. The highest BCUT2D eigenvalue weighted by Gasteiger charge is 2.22. The Labute approximate surface area is 128 Å². The summed E-state index contributed by atoms with van der Waals surface area (Å²) in [7, 11) is 0. The second kappa shape index (κ2) is 6.57. The Balaban J connectivity index is 1.52. The molecule has 0 spiro atoms. The normalized spacial score (nSPS) is 17.4. The summed E-state index contributed by atoms with van der Waals surface area (Å²) in [6, 6.07) is 7.24. The Hall–Kier alpha value is -2.41.